The van der Waals surface area contributed by atoms with E-state index >= 15 is 0 Å². The van der Waals surface area contributed by atoms with E-state index in [0.717, 1.165) is 67.2 Å². The van der Waals surface area contributed by atoms with Crippen LogP contribution in [0.15, 0.2) is 198 Å². The molecule has 0 radical (unpaired) electrons. The average Bonchev–Trinajstić information content (AvgIpc) is 3.91. The molecule has 0 unspecified atom stereocenters. The van der Waals surface area contributed by atoms with Crippen molar-refractivity contribution < 1.29 is 0 Å². The lowest BCUT2D eigenvalue weighted by atomic mass is 9.67. The van der Waals surface area contributed by atoms with E-state index in [1.54, 1.807) is 0 Å². The first kappa shape index (κ1) is 31.9. The Morgan fingerprint density at radius 1 is 0.397 bits per heavy atom. The van der Waals surface area contributed by atoms with Crippen LogP contribution >= 0.6 is 11.8 Å². The number of hydrogen-bond donors (Lipinski definition) is 0. The van der Waals surface area contributed by atoms with Crippen molar-refractivity contribution in [2.45, 2.75) is 15.2 Å². The molecule has 270 valence electrons. The molecule has 0 bridgehead atoms. The highest BCUT2D eigenvalue weighted by molar-refractivity contribution is 7.99. The van der Waals surface area contributed by atoms with Gasteiger partial charge in [0.15, 0.2) is 0 Å². The van der Waals surface area contributed by atoms with Crippen molar-refractivity contribution in [1.82, 2.24) is 24.1 Å². The zero-order valence-corrected chi connectivity index (χ0v) is 31.9. The maximum Gasteiger partial charge on any atom is 0.0937 e. The van der Waals surface area contributed by atoms with Crippen molar-refractivity contribution in [1.29, 1.82) is 0 Å². The summed E-state index contributed by atoms with van der Waals surface area (Å²) in [6, 6.07) is 61.5. The van der Waals surface area contributed by atoms with E-state index < -0.39 is 5.41 Å². The summed E-state index contributed by atoms with van der Waals surface area (Å²) in [5.74, 6) is 0. The van der Waals surface area contributed by atoms with Gasteiger partial charge in [-0.3, -0.25) is 15.0 Å². The van der Waals surface area contributed by atoms with Gasteiger partial charge in [-0.2, -0.15) is 0 Å². The lowest BCUT2D eigenvalue weighted by molar-refractivity contribution is 0.719. The Kier molecular flexibility index (Phi) is 6.52. The highest BCUT2D eigenvalue weighted by atomic mass is 32.2. The second-order valence-corrected chi connectivity index (χ2v) is 16.2. The standard InChI is InChI=1S/C52H31N5S/c1-6-20-42-33(13-1)34-14-2-7-21-43(34)56(42)46-30-41(55-31-47(46)57-44-22-8-3-15-35(44)36-16-4-9-23-45(36)57)32-25-26-49-40(29-32)52(37-17-5-10-24-48(37)58-49)38-18-11-27-53-50(38)51-39(52)19-12-28-54-51/h1-31H. The number of pyridine rings is 3. The van der Waals surface area contributed by atoms with Gasteiger partial charge in [-0.15, -0.1) is 0 Å². The lowest BCUT2D eigenvalue weighted by Gasteiger charge is -2.39. The molecule has 0 N–H and O–H groups in total. The minimum Gasteiger partial charge on any atom is -0.307 e. The summed E-state index contributed by atoms with van der Waals surface area (Å²) >= 11 is 1.83. The molecule has 13 rings (SSSR count). The Balaban J connectivity index is 1.11. The van der Waals surface area contributed by atoms with Crippen LogP contribution in [0.4, 0.5) is 0 Å². The maximum absolute atomic E-state index is 5.38. The number of para-hydroxylation sites is 4. The van der Waals surface area contributed by atoms with Gasteiger partial charge in [-0.05, 0) is 82.9 Å². The van der Waals surface area contributed by atoms with Crippen LogP contribution in [-0.2, 0) is 5.41 Å². The lowest BCUT2D eigenvalue weighted by Crippen LogP contribution is -2.32. The fraction of sp³-hybridized carbons (Fsp3) is 0.0192. The molecule has 0 saturated heterocycles. The largest absolute Gasteiger partial charge is 0.307 e. The van der Waals surface area contributed by atoms with E-state index in [0.29, 0.717) is 0 Å². The summed E-state index contributed by atoms with van der Waals surface area (Å²) < 4.78 is 4.82. The minimum atomic E-state index is -0.584. The van der Waals surface area contributed by atoms with Gasteiger partial charge in [0, 0.05) is 49.3 Å². The summed E-state index contributed by atoms with van der Waals surface area (Å²) in [6.07, 6.45) is 5.85. The summed E-state index contributed by atoms with van der Waals surface area (Å²) in [4.78, 5) is 17.8. The van der Waals surface area contributed by atoms with Gasteiger partial charge in [0.05, 0.1) is 62.1 Å². The van der Waals surface area contributed by atoms with E-state index in [-0.39, 0.29) is 0 Å². The number of benzene rings is 6. The quantitative estimate of drug-likeness (QED) is 0.180. The zero-order valence-electron chi connectivity index (χ0n) is 31.0. The molecule has 5 nitrogen and oxygen atoms in total. The monoisotopic (exact) mass is 757 g/mol. The summed E-state index contributed by atoms with van der Waals surface area (Å²) in [6.45, 7) is 0. The van der Waals surface area contributed by atoms with Crippen LogP contribution < -0.4 is 0 Å². The molecule has 2 aliphatic rings. The first-order valence-corrected chi connectivity index (χ1v) is 20.4. The molecule has 6 heterocycles. The number of rotatable bonds is 3. The third-order valence-corrected chi connectivity index (χ3v) is 13.5. The molecule has 58 heavy (non-hydrogen) atoms. The predicted octanol–water partition coefficient (Wildman–Crippen LogP) is 12.6. The van der Waals surface area contributed by atoms with Crippen molar-refractivity contribution in [3.05, 3.63) is 211 Å². The molecular weight excluding hydrogens is 727 g/mol. The zero-order chi connectivity index (χ0) is 38.0. The number of nitrogens with zero attached hydrogens (tertiary/aromatic N) is 5. The van der Waals surface area contributed by atoms with E-state index in [4.69, 9.17) is 15.0 Å². The van der Waals surface area contributed by atoms with Crippen LogP contribution in [0.25, 0.3) is 77.6 Å². The van der Waals surface area contributed by atoms with Crippen LogP contribution in [0.1, 0.15) is 22.3 Å². The molecule has 1 spiro atoms. The fourth-order valence-electron chi connectivity index (χ4n) is 10.0. The Labute approximate surface area is 337 Å². The number of fused-ring (bicyclic) bond motifs is 15. The van der Waals surface area contributed by atoms with Crippen LogP contribution in [0.5, 0.6) is 0 Å². The third-order valence-electron chi connectivity index (χ3n) is 12.3. The van der Waals surface area contributed by atoms with Crippen molar-refractivity contribution in [3.8, 4) is 34.0 Å². The molecule has 6 aromatic carbocycles. The topological polar surface area (TPSA) is 48.5 Å². The van der Waals surface area contributed by atoms with Crippen LogP contribution in [0.3, 0.4) is 0 Å². The van der Waals surface area contributed by atoms with Gasteiger partial charge in [0.2, 0.25) is 0 Å². The van der Waals surface area contributed by atoms with Crippen molar-refractivity contribution in [3.63, 3.8) is 0 Å². The Morgan fingerprint density at radius 3 is 1.47 bits per heavy atom. The third kappa shape index (κ3) is 4.14. The first-order chi connectivity index (χ1) is 28.8. The molecule has 5 aromatic heterocycles. The predicted molar refractivity (Wildman–Crippen MR) is 235 cm³/mol. The maximum atomic E-state index is 5.38. The van der Waals surface area contributed by atoms with Crippen molar-refractivity contribution in [2.24, 2.45) is 0 Å². The smallest absolute Gasteiger partial charge is 0.0937 e. The molecule has 0 amide bonds. The summed E-state index contributed by atoms with van der Waals surface area (Å²) in [5, 5.41) is 4.87. The van der Waals surface area contributed by atoms with Crippen molar-refractivity contribution in [2.75, 3.05) is 0 Å². The molecule has 1 aliphatic heterocycles. The number of hydrogen-bond acceptors (Lipinski definition) is 4. The average molecular weight is 758 g/mol. The van der Waals surface area contributed by atoms with Gasteiger partial charge in [-0.25, -0.2) is 0 Å². The minimum absolute atomic E-state index is 0.584. The van der Waals surface area contributed by atoms with E-state index in [2.05, 4.69) is 185 Å². The first-order valence-electron chi connectivity index (χ1n) is 19.6. The van der Waals surface area contributed by atoms with Gasteiger partial charge in [0.1, 0.15) is 0 Å². The Morgan fingerprint density at radius 2 is 0.879 bits per heavy atom. The van der Waals surface area contributed by atoms with Crippen LogP contribution in [0, 0.1) is 0 Å². The second-order valence-electron chi connectivity index (χ2n) is 15.2. The van der Waals surface area contributed by atoms with Gasteiger partial charge < -0.3 is 9.13 Å². The molecule has 0 saturated carbocycles. The molecule has 11 aromatic rings. The Hall–Kier alpha value is -7.28. The molecule has 6 heteroatoms. The highest BCUT2D eigenvalue weighted by Gasteiger charge is 2.51. The Bertz CT molecular complexity index is 3370. The van der Waals surface area contributed by atoms with E-state index in [1.165, 1.54) is 42.5 Å². The normalized spacial score (nSPS) is 13.6. The van der Waals surface area contributed by atoms with Crippen LogP contribution in [-0.4, -0.2) is 24.1 Å². The van der Waals surface area contributed by atoms with Gasteiger partial charge in [-0.1, -0.05) is 121 Å². The molecule has 0 atom stereocenters. The molecular formula is C52H31N5S. The SMILES string of the molecule is c1ccc2c(c1)Sc1ccc(-c3cc(-n4c5ccccc5c5ccccc54)c(-n4c5ccccc5c5ccccc54)cn3)cc1C21c2cccnc2-c2ncccc21. The molecule has 0 fully saturated rings. The van der Waals surface area contributed by atoms with E-state index in [9.17, 15) is 0 Å². The van der Waals surface area contributed by atoms with E-state index in [1.807, 2.05) is 24.2 Å². The fourth-order valence-corrected chi connectivity index (χ4v) is 11.2. The number of aromatic nitrogens is 5. The summed E-state index contributed by atoms with van der Waals surface area (Å²) in [7, 11) is 0. The molecule has 1 aliphatic carbocycles. The highest BCUT2D eigenvalue weighted by Crippen LogP contribution is 2.61. The van der Waals surface area contributed by atoms with Crippen LogP contribution in [0.2, 0.25) is 0 Å². The second kappa shape index (κ2) is 11.9. The summed E-state index contributed by atoms with van der Waals surface area (Å²) in [5.41, 5.74) is 14.7. The van der Waals surface area contributed by atoms with Gasteiger partial charge in [0.25, 0.3) is 0 Å². The van der Waals surface area contributed by atoms with Gasteiger partial charge >= 0.3 is 0 Å². The van der Waals surface area contributed by atoms with Crippen molar-refractivity contribution >= 4 is 55.4 Å².